The molecular weight excluding hydrogens is 380 g/mol. The van der Waals surface area contributed by atoms with Crippen molar-refractivity contribution < 1.29 is 9.53 Å². The van der Waals surface area contributed by atoms with Crippen LogP contribution in [-0.2, 0) is 4.79 Å². The summed E-state index contributed by atoms with van der Waals surface area (Å²) in [6, 6.07) is 25.4. The molecule has 0 radical (unpaired) electrons. The number of thioether (sulfide) groups is 1. The first kappa shape index (κ1) is 19.6. The Balaban J connectivity index is 1.60. The minimum atomic E-state index is -0.455. The molecule has 5 heteroatoms. The summed E-state index contributed by atoms with van der Waals surface area (Å²) >= 11 is 1.88. The summed E-state index contributed by atoms with van der Waals surface area (Å²) < 4.78 is 5.27. The molecule has 0 bridgehead atoms. The van der Waals surface area contributed by atoms with Crippen molar-refractivity contribution in [3.05, 3.63) is 90.0 Å². The number of carbonyl (C=O) groups excluding carboxylic acids is 1. The second-order valence-corrected chi connectivity index (χ2v) is 8.10. The van der Waals surface area contributed by atoms with Crippen LogP contribution >= 0.6 is 11.8 Å². The number of ether oxygens (including phenoxy) is 1. The molecular formula is C24H24N2O2S. The molecule has 1 aliphatic rings. The van der Waals surface area contributed by atoms with Crippen molar-refractivity contribution in [1.82, 2.24) is 5.32 Å². The first-order valence-electron chi connectivity index (χ1n) is 9.72. The van der Waals surface area contributed by atoms with Crippen LogP contribution < -0.4 is 15.4 Å². The van der Waals surface area contributed by atoms with E-state index in [1.165, 1.54) is 10.5 Å². The molecule has 1 aliphatic heterocycles. The van der Waals surface area contributed by atoms with Crippen molar-refractivity contribution in [2.24, 2.45) is 0 Å². The Labute approximate surface area is 175 Å². The minimum absolute atomic E-state index is 0.0832. The summed E-state index contributed by atoms with van der Waals surface area (Å²) in [7, 11) is 1.62. The third-order valence-corrected chi connectivity index (χ3v) is 6.18. The van der Waals surface area contributed by atoms with Gasteiger partial charge in [0.1, 0.15) is 11.8 Å². The van der Waals surface area contributed by atoms with Crippen LogP contribution in [0.1, 0.15) is 29.6 Å². The molecule has 1 heterocycles. The Morgan fingerprint density at radius 1 is 1.03 bits per heavy atom. The lowest BCUT2D eigenvalue weighted by Crippen LogP contribution is -2.36. The van der Waals surface area contributed by atoms with Crippen molar-refractivity contribution >= 4 is 23.4 Å². The van der Waals surface area contributed by atoms with E-state index in [0.29, 0.717) is 5.75 Å². The lowest BCUT2D eigenvalue weighted by atomic mass is 9.99. The first-order valence-corrected chi connectivity index (χ1v) is 10.7. The highest BCUT2D eigenvalue weighted by Gasteiger charge is 2.27. The smallest absolute Gasteiger partial charge is 0.246 e. The van der Waals surface area contributed by atoms with Crippen molar-refractivity contribution in [2.75, 3.05) is 18.2 Å². The van der Waals surface area contributed by atoms with Gasteiger partial charge in [0.2, 0.25) is 5.91 Å². The van der Waals surface area contributed by atoms with Crippen molar-refractivity contribution in [2.45, 2.75) is 23.4 Å². The Morgan fingerprint density at radius 3 is 2.66 bits per heavy atom. The van der Waals surface area contributed by atoms with Crippen molar-refractivity contribution in [3.8, 4) is 5.75 Å². The van der Waals surface area contributed by atoms with Gasteiger partial charge in [-0.2, -0.15) is 0 Å². The van der Waals surface area contributed by atoms with Gasteiger partial charge in [-0.3, -0.25) is 10.1 Å². The van der Waals surface area contributed by atoms with Gasteiger partial charge in [-0.15, -0.1) is 11.8 Å². The zero-order valence-corrected chi connectivity index (χ0v) is 17.1. The highest BCUT2D eigenvalue weighted by Crippen LogP contribution is 2.37. The van der Waals surface area contributed by atoms with Gasteiger partial charge < -0.3 is 10.1 Å². The van der Waals surface area contributed by atoms with E-state index in [1.807, 2.05) is 66.4 Å². The quantitative estimate of drug-likeness (QED) is 0.593. The molecule has 4 rings (SSSR count). The van der Waals surface area contributed by atoms with E-state index in [9.17, 15) is 4.79 Å². The van der Waals surface area contributed by atoms with E-state index in [2.05, 4.69) is 34.9 Å². The van der Waals surface area contributed by atoms with E-state index in [-0.39, 0.29) is 11.9 Å². The van der Waals surface area contributed by atoms with Gasteiger partial charge >= 0.3 is 0 Å². The van der Waals surface area contributed by atoms with E-state index >= 15 is 0 Å². The lowest BCUT2D eigenvalue weighted by molar-refractivity contribution is -0.118. The number of methoxy groups -OCH3 is 1. The Hall–Kier alpha value is -2.76. The molecule has 0 unspecified atom stereocenters. The second kappa shape index (κ2) is 9.16. The van der Waals surface area contributed by atoms with Crippen molar-refractivity contribution in [1.29, 1.82) is 0 Å². The van der Waals surface area contributed by atoms with Gasteiger partial charge in [0.05, 0.1) is 7.11 Å². The lowest BCUT2D eigenvalue weighted by Gasteiger charge is -2.30. The summed E-state index contributed by atoms with van der Waals surface area (Å²) in [5.41, 5.74) is 2.93. The molecule has 0 aromatic heterocycles. The fraction of sp³-hybridized carbons (Fsp3) is 0.208. The first-order chi connectivity index (χ1) is 14.2. The molecule has 1 amide bonds. The monoisotopic (exact) mass is 404 g/mol. The third kappa shape index (κ3) is 4.63. The Morgan fingerprint density at radius 2 is 1.83 bits per heavy atom. The molecule has 0 fully saturated rings. The van der Waals surface area contributed by atoms with E-state index < -0.39 is 6.04 Å². The van der Waals surface area contributed by atoms with Crippen LogP contribution in [0, 0.1) is 0 Å². The number of amides is 1. The van der Waals surface area contributed by atoms with Crippen LogP contribution in [0.2, 0.25) is 0 Å². The molecule has 0 saturated carbocycles. The van der Waals surface area contributed by atoms with Crippen molar-refractivity contribution in [3.63, 3.8) is 0 Å². The average molecular weight is 405 g/mol. The number of rotatable bonds is 6. The largest absolute Gasteiger partial charge is 0.497 e. The van der Waals surface area contributed by atoms with E-state index in [0.717, 1.165) is 23.4 Å². The molecule has 0 aliphatic carbocycles. The number of fused-ring (bicyclic) bond motifs is 1. The summed E-state index contributed by atoms with van der Waals surface area (Å²) in [4.78, 5) is 14.6. The molecule has 3 aromatic carbocycles. The molecule has 4 nitrogen and oxygen atoms in total. The Bertz CT molecular complexity index is 977. The maximum atomic E-state index is 13.3. The fourth-order valence-corrected chi connectivity index (χ4v) is 4.73. The number of nitrogens with one attached hydrogen (secondary N) is 2. The predicted octanol–water partition coefficient (Wildman–Crippen LogP) is 5.20. The van der Waals surface area contributed by atoms with Gasteiger partial charge in [-0.05, 0) is 41.5 Å². The summed E-state index contributed by atoms with van der Waals surface area (Å²) in [5.74, 6) is 1.67. The average Bonchev–Trinajstić information content (AvgIpc) is 2.78. The predicted molar refractivity (Wildman–Crippen MR) is 118 cm³/mol. The van der Waals surface area contributed by atoms with Crippen LogP contribution in [-0.4, -0.2) is 18.8 Å². The normalized spacial score (nSPS) is 16.5. The maximum absolute atomic E-state index is 13.3. The number of hydrogen-bond donors (Lipinski definition) is 2. The summed E-state index contributed by atoms with van der Waals surface area (Å²) in [6.07, 6.45) is 0.984. The molecule has 0 spiro atoms. The number of carbonyl (C=O) groups is 1. The highest BCUT2D eigenvalue weighted by atomic mass is 32.2. The van der Waals surface area contributed by atoms with Gasteiger partial charge in [-0.25, -0.2) is 0 Å². The van der Waals surface area contributed by atoms with E-state index in [1.54, 1.807) is 7.11 Å². The van der Waals surface area contributed by atoms with Gasteiger partial charge in [-0.1, -0.05) is 54.6 Å². The van der Waals surface area contributed by atoms with Crippen LogP contribution in [0.15, 0.2) is 83.8 Å². The molecule has 3 aromatic rings. The molecule has 0 saturated heterocycles. The van der Waals surface area contributed by atoms with Crippen LogP contribution in [0.25, 0.3) is 0 Å². The molecule has 29 heavy (non-hydrogen) atoms. The SMILES string of the molecule is COc1cccc(NC(=O)[C@H](N[C@H]2CCSc3ccccc32)c2ccccc2)c1. The van der Waals surface area contributed by atoms with Crippen LogP contribution in [0.5, 0.6) is 5.75 Å². The zero-order chi connectivity index (χ0) is 20.1. The molecule has 2 atom stereocenters. The van der Waals surface area contributed by atoms with Gasteiger partial charge in [0, 0.05) is 22.7 Å². The van der Waals surface area contributed by atoms with Crippen LogP contribution in [0.4, 0.5) is 5.69 Å². The fourth-order valence-electron chi connectivity index (χ4n) is 3.60. The number of anilines is 1. The second-order valence-electron chi connectivity index (χ2n) is 6.96. The summed E-state index contributed by atoms with van der Waals surface area (Å²) in [5, 5.41) is 6.66. The summed E-state index contributed by atoms with van der Waals surface area (Å²) in [6.45, 7) is 0. The minimum Gasteiger partial charge on any atom is -0.497 e. The topological polar surface area (TPSA) is 50.4 Å². The number of benzene rings is 3. The van der Waals surface area contributed by atoms with E-state index in [4.69, 9.17) is 4.74 Å². The van der Waals surface area contributed by atoms with Gasteiger partial charge in [0.15, 0.2) is 0 Å². The maximum Gasteiger partial charge on any atom is 0.246 e. The highest BCUT2D eigenvalue weighted by molar-refractivity contribution is 7.99. The Kier molecular flexibility index (Phi) is 6.17. The standard InChI is InChI=1S/C24H24N2O2S/c1-28-19-11-7-10-18(16-19)25-24(27)23(17-8-3-2-4-9-17)26-21-14-15-29-22-13-6-5-12-20(21)22/h2-13,16,21,23,26H,14-15H2,1H3,(H,25,27)/t21-,23+/m0/s1. The van der Waals surface area contributed by atoms with Crippen LogP contribution in [0.3, 0.4) is 0 Å². The molecule has 2 N–H and O–H groups in total. The number of hydrogen-bond acceptors (Lipinski definition) is 4. The zero-order valence-electron chi connectivity index (χ0n) is 16.3. The molecule has 148 valence electrons. The van der Waals surface area contributed by atoms with Gasteiger partial charge in [0.25, 0.3) is 0 Å². The third-order valence-electron chi connectivity index (χ3n) is 5.06.